The Kier molecular flexibility index (Phi) is 3.31. The lowest BCUT2D eigenvalue weighted by Crippen LogP contribution is -2.01. The molecule has 0 unspecified atom stereocenters. The van der Waals surface area contributed by atoms with Crippen LogP contribution in [0.4, 0.5) is 10.1 Å². The number of anilines is 1. The van der Waals surface area contributed by atoms with Crippen molar-refractivity contribution in [1.29, 1.82) is 0 Å². The lowest BCUT2D eigenvalue weighted by atomic mass is 10.1. The number of nitrogens with zero attached hydrogens (tertiary/aromatic N) is 4. The highest BCUT2D eigenvalue weighted by Gasteiger charge is 2.13. The Morgan fingerprint density at radius 2 is 2.00 bits per heavy atom. The summed E-state index contributed by atoms with van der Waals surface area (Å²) in [6.45, 7) is 1.80. The van der Waals surface area contributed by atoms with Crippen molar-refractivity contribution in [3.8, 4) is 17.1 Å². The number of aromatic nitrogens is 4. The van der Waals surface area contributed by atoms with Gasteiger partial charge in [0.2, 0.25) is 0 Å². The first-order chi connectivity index (χ1) is 10.0. The molecule has 0 bridgehead atoms. The van der Waals surface area contributed by atoms with E-state index in [1.54, 1.807) is 31.2 Å². The number of hydrogen-bond donors (Lipinski definition) is 1. The molecule has 2 N–H and O–H groups in total. The molecular formula is C14H11ClFN5. The summed E-state index contributed by atoms with van der Waals surface area (Å²) in [4.78, 5) is 0. The van der Waals surface area contributed by atoms with Gasteiger partial charge in [0, 0.05) is 5.56 Å². The van der Waals surface area contributed by atoms with Gasteiger partial charge in [0.05, 0.1) is 16.4 Å². The summed E-state index contributed by atoms with van der Waals surface area (Å²) in [5, 5.41) is 12.0. The molecule has 2 aromatic carbocycles. The highest BCUT2D eigenvalue weighted by molar-refractivity contribution is 6.33. The van der Waals surface area contributed by atoms with E-state index in [1.165, 1.54) is 16.8 Å². The van der Waals surface area contributed by atoms with Crippen LogP contribution in [0.1, 0.15) is 5.56 Å². The molecule has 0 saturated heterocycles. The van der Waals surface area contributed by atoms with Gasteiger partial charge >= 0.3 is 0 Å². The van der Waals surface area contributed by atoms with Gasteiger partial charge < -0.3 is 5.73 Å². The molecule has 5 nitrogen and oxygen atoms in total. The van der Waals surface area contributed by atoms with Gasteiger partial charge in [-0.2, -0.15) is 4.68 Å². The zero-order valence-electron chi connectivity index (χ0n) is 11.1. The van der Waals surface area contributed by atoms with Gasteiger partial charge in [-0.05, 0) is 59.3 Å². The van der Waals surface area contributed by atoms with Crippen LogP contribution in [-0.4, -0.2) is 20.2 Å². The van der Waals surface area contributed by atoms with E-state index in [9.17, 15) is 4.39 Å². The molecule has 0 atom stereocenters. The van der Waals surface area contributed by atoms with Crippen molar-refractivity contribution in [2.24, 2.45) is 0 Å². The maximum Gasteiger partial charge on any atom is 0.187 e. The molecule has 1 heterocycles. The van der Waals surface area contributed by atoms with Crippen LogP contribution in [0.25, 0.3) is 17.1 Å². The van der Waals surface area contributed by atoms with Crippen LogP contribution in [0.5, 0.6) is 0 Å². The number of tetrazole rings is 1. The molecule has 3 rings (SSSR count). The fourth-order valence-corrected chi connectivity index (χ4v) is 2.18. The average molecular weight is 304 g/mol. The molecule has 7 heteroatoms. The highest BCUT2D eigenvalue weighted by Crippen LogP contribution is 2.26. The second-order valence-corrected chi connectivity index (χ2v) is 5.04. The lowest BCUT2D eigenvalue weighted by Gasteiger charge is -2.07. The van der Waals surface area contributed by atoms with Gasteiger partial charge in [-0.15, -0.1) is 5.10 Å². The fourth-order valence-electron chi connectivity index (χ4n) is 2.06. The van der Waals surface area contributed by atoms with Crippen LogP contribution in [0.2, 0.25) is 5.02 Å². The molecule has 0 aliphatic carbocycles. The summed E-state index contributed by atoms with van der Waals surface area (Å²) in [6, 6.07) is 9.70. The molecule has 0 fully saturated rings. The average Bonchev–Trinajstić information content (AvgIpc) is 2.90. The zero-order valence-corrected chi connectivity index (χ0v) is 11.8. The minimum Gasteiger partial charge on any atom is -0.398 e. The molecular weight excluding hydrogens is 293 g/mol. The first-order valence-corrected chi connectivity index (χ1v) is 6.54. The summed E-state index contributed by atoms with van der Waals surface area (Å²) in [6.07, 6.45) is 0. The fraction of sp³-hybridized carbons (Fsp3) is 0.0714. The summed E-state index contributed by atoms with van der Waals surface area (Å²) in [7, 11) is 0. The second-order valence-electron chi connectivity index (χ2n) is 4.64. The number of nitrogen functional groups attached to an aromatic ring is 1. The molecule has 0 amide bonds. The Morgan fingerprint density at radius 1 is 1.19 bits per heavy atom. The third kappa shape index (κ3) is 2.57. The van der Waals surface area contributed by atoms with Crippen molar-refractivity contribution in [3.05, 3.63) is 52.8 Å². The first-order valence-electron chi connectivity index (χ1n) is 6.16. The number of hydrogen-bond acceptors (Lipinski definition) is 4. The SMILES string of the molecule is Cc1cc(F)cc(-n2nnnc2-c2ccc(Cl)c(N)c2)c1. The maximum absolute atomic E-state index is 13.6. The smallest absolute Gasteiger partial charge is 0.187 e. The van der Waals surface area contributed by atoms with Crippen LogP contribution < -0.4 is 5.73 Å². The van der Waals surface area contributed by atoms with Crippen LogP contribution in [0.3, 0.4) is 0 Å². The number of aryl methyl sites for hydroxylation is 1. The Morgan fingerprint density at radius 3 is 2.71 bits per heavy atom. The van der Waals surface area contributed by atoms with Gasteiger partial charge in [-0.1, -0.05) is 11.6 Å². The Balaban J connectivity index is 2.14. The van der Waals surface area contributed by atoms with E-state index in [0.717, 1.165) is 5.56 Å². The second kappa shape index (κ2) is 5.14. The molecule has 0 radical (unpaired) electrons. The largest absolute Gasteiger partial charge is 0.398 e. The van der Waals surface area contributed by atoms with Crippen molar-refractivity contribution in [2.45, 2.75) is 6.92 Å². The minimum absolute atomic E-state index is 0.345. The zero-order chi connectivity index (χ0) is 15.0. The van der Waals surface area contributed by atoms with Crippen molar-refractivity contribution >= 4 is 17.3 Å². The number of rotatable bonds is 2. The van der Waals surface area contributed by atoms with Crippen molar-refractivity contribution in [3.63, 3.8) is 0 Å². The van der Waals surface area contributed by atoms with Crippen molar-refractivity contribution < 1.29 is 4.39 Å². The molecule has 21 heavy (non-hydrogen) atoms. The van der Waals surface area contributed by atoms with Gasteiger partial charge in [0.15, 0.2) is 5.82 Å². The monoisotopic (exact) mass is 303 g/mol. The van der Waals surface area contributed by atoms with E-state index in [0.29, 0.717) is 27.8 Å². The van der Waals surface area contributed by atoms with Gasteiger partial charge in [-0.25, -0.2) is 4.39 Å². The molecule has 0 spiro atoms. The molecule has 0 aliphatic heterocycles. The first kappa shape index (κ1) is 13.5. The van der Waals surface area contributed by atoms with E-state index in [4.69, 9.17) is 17.3 Å². The van der Waals surface area contributed by atoms with Gasteiger partial charge in [0.25, 0.3) is 0 Å². The summed E-state index contributed by atoms with van der Waals surface area (Å²) < 4.78 is 15.0. The summed E-state index contributed by atoms with van der Waals surface area (Å²) >= 11 is 5.91. The van der Waals surface area contributed by atoms with E-state index in [-0.39, 0.29) is 5.82 Å². The molecule has 106 valence electrons. The van der Waals surface area contributed by atoms with Crippen molar-refractivity contribution in [1.82, 2.24) is 20.2 Å². The molecule has 0 saturated carbocycles. The van der Waals surface area contributed by atoms with E-state index in [1.807, 2.05) is 0 Å². The minimum atomic E-state index is -0.345. The van der Waals surface area contributed by atoms with Gasteiger partial charge in [-0.3, -0.25) is 0 Å². The van der Waals surface area contributed by atoms with Gasteiger partial charge in [0.1, 0.15) is 5.82 Å². The van der Waals surface area contributed by atoms with Crippen LogP contribution in [-0.2, 0) is 0 Å². The third-order valence-corrected chi connectivity index (χ3v) is 3.34. The third-order valence-electron chi connectivity index (χ3n) is 3.00. The maximum atomic E-state index is 13.6. The lowest BCUT2D eigenvalue weighted by molar-refractivity contribution is 0.623. The van der Waals surface area contributed by atoms with E-state index >= 15 is 0 Å². The van der Waals surface area contributed by atoms with E-state index < -0.39 is 0 Å². The van der Waals surface area contributed by atoms with Crippen LogP contribution >= 0.6 is 11.6 Å². The van der Waals surface area contributed by atoms with Crippen LogP contribution in [0, 0.1) is 12.7 Å². The standard InChI is InChI=1S/C14H11ClFN5/c1-8-4-10(16)7-11(5-8)21-14(18-19-20-21)9-2-3-12(15)13(17)6-9/h2-7H,17H2,1H3. The number of nitrogens with two attached hydrogens (primary N) is 1. The Bertz CT molecular complexity index is 795. The summed E-state index contributed by atoms with van der Waals surface area (Å²) in [5.74, 6) is 0.116. The quantitative estimate of drug-likeness (QED) is 0.739. The molecule has 1 aromatic heterocycles. The normalized spacial score (nSPS) is 10.8. The topological polar surface area (TPSA) is 69.6 Å². The van der Waals surface area contributed by atoms with Crippen LogP contribution in [0.15, 0.2) is 36.4 Å². The summed E-state index contributed by atoms with van der Waals surface area (Å²) in [5.41, 5.74) is 8.24. The number of benzene rings is 2. The predicted molar refractivity (Wildman–Crippen MR) is 78.7 cm³/mol. The van der Waals surface area contributed by atoms with E-state index in [2.05, 4.69) is 15.5 Å². The predicted octanol–water partition coefficient (Wildman–Crippen LogP) is 3.01. The molecule has 0 aliphatic rings. The number of halogens is 2. The molecule has 3 aromatic rings. The van der Waals surface area contributed by atoms with Crippen molar-refractivity contribution in [2.75, 3.05) is 5.73 Å². The Labute approximate surface area is 125 Å². The Hall–Kier alpha value is -2.47. The highest BCUT2D eigenvalue weighted by atomic mass is 35.5.